The first-order valence-corrected chi connectivity index (χ1v) is 9.37. The number of rotatable bonds is 5. The third-order valence-corrected chi connectivity index (χ3v) is 5.36. The molecule has 0 spiro atoms. The van der Waals surface area contributed by atoms with Crippen molar-refractivity contribution in [2.24, 2.45) is 0 Å². The zero-order valence-electron chi connectivity index (χ0n) is 16.3. The highest BCUT2D eigenvalue weighted by Gasteiger charge is 2.30. The van der Waals surface area contributed by atoms with Gasteiger partial charge in [-0.25, -0.2) is 4.98 Å². The maximum atomic E-state index is 12.9. The molecule has 0 saturated carbocycles. The van der Waals surface area contributed by atoms with Crippen molar-refractivity contribution in [3.05, 3.63) is 63.3 Å². The van der Waals surface area contributed by atoms with Gasteiger partial charge < -0.3 is 4.90 Å². The number of hydrogen-bond donors (Lipinski definition) is 0. The van der Waals surface area contributed by atoms with Crippen molar-refractivity contribution < 1.29 is 18.1 Å². The summed E-state index contributed by atoms with van der Waals surface area (Å²) in [6.45, 7) is 3.62. The Morgan fingerprint density at radius 2 is 1.97 bits per heavy atom. The molecule has 3 rings (SSSR count). The zero-order chi connectivity index (χ0) is 21.2. The summed E-state index contributed by atoms with van der Waals surface area (Å²) in [5, 5.41) is 10.9. The molecule has 6 nitrogen and oxygen atoms in total. The van der Waals surface area contributed by atoms with Crippen molar-refractivity contribution in [1.82, 2.24) is 9.88 Å². The van der Waals surface area contributed by atoms with Gasteiger partial charge in [-0.1, -0.05) is 18.2 Å². The standard InChI is InChI=1S/C20H23F3N4O2/c1-14-10-19(24-12-18(14)27(28)29)26-8-6-17(7-9-26)25(2)13-15-4-3-5-16(11-15)20(21,22)23/h3-5,10-12,17H,6-9,13H2,1-2H3. The fourth-order valence-electron chi connectivity index (χ4n) is 3.70. The predicted octanol–water partition coefficient (Wildman–Crippen LogP) is 4.42. The smallest absolute Gasteiger partial charge is 0.356 e. The van der Waals surface area contributed by atoms with Crippen molar-refractivity contribution in [1.29, 1.82) is 0 Å². The molecule has 0 amide bonds. The SMILES string of the molecule is Cc1cc(N2CCC(N(C)Cc3cccc(C(F)(F)F)c3)CC2)ncc1[N+](=O)[O-]. The number of alkyl halides is 3. The Morgan fingerprint density at radius 1 is 1.28 bits per heavy atom. The zero-order valence-corrected chi connectivity index (χ0v) is 16.3. The van der Waals surface area contributed by atoms with Crippen LogP contribution >= 0.6 is 0 Å². The van der Waals surface area contributed by atoms with Gasteiger partial charge in [0.05, 0.1) is 10.5 Å². The molecule has 1 aliphatic heterocycles. The van der Waals surface area contributed by atoms with Gasteiger partial charge in [0.2, 0.25) is 0 Å². The van der Waals surface area contributed by atoms with E-state index in [1.165, 1.54) is 18.3 Å². The number of benzene rings is 1. The molecular formula is C20H23F3N4O2. The van der Waals surface area contributed by atoms with Crippen LogP contribution in [0, 0.1) is 17.0 Å². The lowest BCUT2D eigenvalue weighted by Gasteiger charge is -2.37. The molecule has 156 valence electrons. The predicted molar refractivity (Wildman–Crippen MR) is 104 cm³/mol. The third kappa shape index (κ3) is 5.03. The minimum Gasteiger partial charge on any atom is -0.356 e. The molecule has 0 radical (unpaired) electrons. The lowest BCUT2D eigenvalue weighted by atomic mass is 10.0. The summed E-state index contributed by atoms with van der Waals surface area (Å²) >= 11 is 0. The average molecular weight is 408 g/mol. The average Bonchev–Trinajstić information content (AvgIpc) is 2.67. The first kappa shape index (κ1) is 21.0. The van der Waals surface area contributed by atoms with Crippen LogP contribution in [0.2, 0.25) is 0 Å². The van der Waals surface area contributed by atoms with Crippen LogP contribution in [0.15, 0.2) is 36.5 Å². The maximum absolute atomic E-state index is 12.9. The number of aryl methyl sites for hydroxylation is 1. The second-order valence-electron chi connectivity index (χ2n) is 7.42. The van der Waals surface area contributed by atoms with Crippen molar-refractivity contribution in [2.45, 2.75) is 38.5 Å². The molecule has 9 heteroatoms. The number of halogens is 3. The van der Waals surface area contributed by atoms with E-state index in [0.29, 0.717) is 23.5 Å². The summed E-state index contributed by atoms with van der Waals surface area (Å²) in [6, 6.07) is 7.42. The minimum absolute atomic E-state index is 0.00413. The Kier molecular flexibility index (Phi) is 6.07. The van der Waals surface area contributed by atoms with Crippen LogP contribution < -0.4 is 4.90 Å². The molecule has 0 aliphatic carbocycles. The molecule has 0 atom stereocenters. The number of nitrogens with zero attached hydrogens (tertiary/aromatic N) is 4. The molecule has 1 aromatic heterocycles. The molecular weight excluding hydrogens is 385 g/mol. The normalized spacial score (nSPS) is 15.7. The summed E-state index contributed by atoms with van der Waals surface area (Å²) in [5.41, 5.74) is 0.587. The van der Waals surface area contributed by atoms with Gasteiger partial charge in [0.1, 0.15) is 12.0 Å². The maximum Gasteiger partial charge on any atom is 0.416 e. The molecule has 0 N–H and O–H groups in total. The van der Waals surface area contributed by atoms with E-state index < -0.39 is 16.7 Å². The molecule has 1 fully saturated rings. The van der Waals surface area contributed by atoms with Crippen LogP contribution in [0.25, 0.3) is 0 Å². The van der Waals surface area contributed by atoms with E-state index >= 15 is 0 Å². The van der Waals surface area contributed by atoms with E-state index in [2.05, 4.69) is 14.8 Å². The van der Waals surface area contributed by atoms with Crippen molar-refractivity contribution in [3.8, 4) is 0 Å². The summed E-state index contributed by atoms with van der Waals surface area (Å²) in [4.78, 5) is 18.9. The minimum atomic E-state index is -4.34. The Bertz CT molecular complexity index is 880. The largest absolute Gasteiger partial charge is 0.416 e. The molecule has 1 aromatic carbocycles. The summed E-state index contributed by atoms with van der Waals surface area (Å²) in [7, 11) is 1.93. The van der Waals surface area contributed by atoms with Gasteiger partial charge in [-0.2, -0.15) is 13.2 Å². The fraction of sp³-hybridized carbons (Fsp3) is 0.450. The highest BCUT2D eigenvalue weighted by Crippen LogP contribution is 2.30. The van der Waals surface area contributed by atoms with Gasteiger partial charge >= 0.3 is 6.18 Å². The van der Waals surface area contributed by atoms with Gasteiger partial charge in [-0.05, 0) is 44.5 Å². The Balaban J connectivity index is 1.59. The van der Waals surface area contributed by atoms with Crippen LogP contribution in [0.5, 0.6) is 0 Å². The van der Waals surface area contributed by atoms with Crippen LogP contribution in [-0.2, 0) is 12.7 Å². The first-order chi connectivity index (χ1) is 13.6. The van der Waals surface area contributed by atoms with Gasteiger partial charge in [-0.3, -0.25) is 15.0 Å². The molecule has 1 saturated heterocycles. The highest BCUT2D eigenvalue weighted by atomic mass is 19.4. The van der Waals surface area contributed by atoms with Crippen molar-refractivity contribution in [2.75, 3.05) is 25.0 Å². The number of hydrogen-bond acceptors (Lipinski definition) is 5. The second-order valence-corrected chi connectivity index (χ2v) is 7.42. The van der Waals surface area contributed by atoms with E-state index in [9.17, 15) is 23.3 Å². The molecule has 29 heavy (non-hydrogen) atoms. The topological polar surface area (TPSA) is 62.5 Å². The summed E-state index contributed by atoms with van der Waals surface area (Å²) in [5.74, 6) is 0.715. The monoisotopic (exact) mass is 408 g/mol. The Morgan fingerprint density at radius 3 is 2.55 bits per heavy atom. The summed E-state index contributed by atoms with van der Waals surface area (Å²) < 4.78 is 38.7. The molecule has 0 bridgehead atoms. The lowest BCUT2D eigenvalue weighted by Crippen LogP contribution is -2.43. The van der Waals surface area contributed by atoms with E-state index in [1.807, 2.05) is 7.05 Å². The van der Waals surface area contributed by atoms with Gasteiger partial charge in [-0.15, -0.1) is 0 Å². The van der Waals surface area contributed by atoms with E-state index in [0.717, 1.165) is 32.0 Å². The molecule has 2 heterocycles. The number of nitro groups is 1. The van der Waals surface area contributed by atoms with Crippen molar-refractivity contribution >= 4 is 11.5 Å². The van der Waals surface area contributed by atoms with Crippen LogP contribution in [0.3, 0.4) is 0 Å². The Labute approximate surface area is 167 Å². The quantitative estimate of drug-likeness (QED) is 0.541. The first-order valence-electron chi connectivity index (χ1n) is 9.37. The third-order valence-electron chi connectivity index (χ3n) is 5.36. The fourth-order valence-corrected chi connectivity index (χ4v) is 3.70. The lowest BCUT2D eigenvalue weighted by molar-refractivity contribution is -0.385. The molecule has 0 unspecified atom stereocenters. The number of aromatic nitrogens is 1. The van der Waals surface area contributed by atoms with Gasteiger partial charge in [0, 0.05) is 31.2 Å². The Hall–Kier alpha value is -2.68. The van der Waals surface area contributed by atoms with E-state index in [-0.39, 0.29) is 11.7 Å². The molecule has 1 aliphatic rings. The van der Waals surface area contributed by atoms with E-state index in [4.69, 9.17) is 0 Å². The number of anilines is 1. The highest BCUT2D eigenvalue weighted by molar-refractivity contribution is 5.48. The van der Waals surface area contributed by atoms with Crippen LogP contribution in [-0.4, -0.2) is 41.0 Å². The van der Waals surface area contributed by atoms with Gasteiger partial charge in [0.15, 0.2) is 0 Å². The van der Waals surface area contributed by atoms with E-state index in [1.54, 1.807) is 19.1 Å². The number of pyridine rings is 1. The van der Waals surface area contributed by atoms with Crippen molar-refractivity contribution in [3.63, 3.8) is 0 Å². The van der Waals surface area contributed by atoms with Gasteiger partial charge in [0.25, 0.3) is 5.69 Å². The summed E-state index contributed by atoms with van der Waals surface area (Å²) in [6.07, 6.45) is -1.37. The molecule has 2 aromatic rings. The van der Waals surface area contributed by atoms with Crippen LogP contribution in [0.1, 0.15) is 29.5 Å². The second kappa shape index (κ2) is 8.36. The number of piperidine rings is 1. The van der Waals surface area contributed by atoms with Crippen LogP contribution in [0.4, 0.5) is 24.7 Å².